The van der Waals surface area contributed by atoms with E-state index in [1.807, 2.05) is 4.90 Å². The lowest BCUT2D eigenvalue weighted by Crippen LogP contribution is -2.54. The standard InChI is InChI=1S/C18H23FN2O3/c19-17-12(3-1-6-16(17)24-13-7-8-13)11-20-18(22)21-9-10-23-15-5-2-4-14(15)21/h1,3,6,13-15H,2,4-5,7-11H2,(H,20,22)/t14-,15+/m0/s1. The smallest absolute Gasteiger partial charge is 0.318 e. The van der Waals surface area contributed by atoms with Gasteiger partial charge < -0.3 is 19.7 Å². The predicted molar refractivity (Wildman–Crippen MR) is 86.4 cm³/mol. The van der Waals surface area contributed by atoms with Crippen LogP contribution in [0.15, 0.2) is 18.2 Å². The van der Waals surface area contributed by atoms with Crippen molar-refractivity contribution >= 4 is 6.03 Å². The van der Waals surface area contributed by atoms with Crippen molar-refractivity contribution in [3.05, 3.63) is 29.6 Å². The van der Waals surface area contributed by atoms with E-state index in [0.29, 0.717) is 18.7 Å². The molecule has 2 atom stereocenters. The van der Waals surface area contributed by atoms with Crippen molar-refractivity contribution in [2.75, 3.05) is 13.2 Å². The lowest BCUT2D eigenvalue weighted by atomic mass is 10.1. The zero-order chi connectivity index (χ0) is 16.5. The number of fused-ring (bicyclic) bond motifs is 1. The second-order valence-electron chi connectivity index (χ2n) is 6.81. The Morgan fingerprint density at radius 1 is 1.33 bits per heavy atom. The fourth-order valence-corrected chi connectivity index (χ4v) is 3.60. The van der Waals surface area contributed by atoms with Crippen LogP contribution in [-0.2, 0) is 11.3 Å². The second-order valence-corrected chi connectivity index (χ2v) is 6.81. The van der Waals surface area contributed by atoms with Gasteiger partial charge in [-0.3, -0.25) is 0 Å². The van der Waals surface area contributed by atoms with Gasteiger partial charge in [-0.05, 0) is 38.2 Å². The summed E-state index contributed by atoms with van der Waals surface area (Å²) in [6.45, 7) is 1.34. The van der Waals surface area contributed by atoms with Crippen LogP contribution in [0.1, 0.15) is 37.7 Å². The summed E-state index contributed by atoms with van der Waals surface area (Å²) in [5, 5.41) is 2.85. The molecule has 0 spiro atoms. The van der Waals surface area contributed by atoms with Crippen LogP contribution in [0.3, 0.4) is 0 Å². The van der Waals surface area contributed by atoms with Crippen molar-refractivity contribution < 1.29 is 18.7 Å². The maximum Gasteiger partial charge on any atom is 0.318 e. The fourth-order valence-electron chi connectivity index (χ4n) is 3.60. The highest BCUT2D eigenvalue weighted by atomic mass is 19.1. The lowest BCUT2D eigenvalue weighted by molar-refractivity contribution is -0.0383. The highest BCUT2D eigenvalue weighted by molar-refractivity contribution is 5.74. The van der Waals surface area contributed by atoms with Crippen molar-refractivity contribution in [3.63, 3.8) is 0 Å². The number of hydrogen-bond donors (Lipinski definition) is 1. The quantitative estimate of drug-likeness (QED) is 0.921. The van der Waals surface area contributed by atoms with Crippen LogP contribution < -0.4 is 10.1 Å². The molecule has 0 bridgehead atoms. The Balaban J connectivity index is 1.38. The van der Waals surface area contributed by atoms with Crippen molar-refractivity contribution in [2.45, 2.75) is 56.9 Å². The molecule has 1 N–H and O–H groups in total. The minimum Gasteiger partial charge on any atom is -0.487 e. The molecule has 1 aromatic carbocycles. The van der Waals surface area contributed by atoms with Gasteiger partial charge in [0.2, 0.25) is 0 Å². The van der Waals surface area contributed by atoms with Crippen molar-refractivity contribution in [3.8, 4) is 5.75 Å². The van der Waals surface area contributed by atoms with Gasteiger partial charge in [-0.25, -0.2) is 9.18 Å². The van der Waals surface area contributed by atoms with Crippen LogP contribution in [0, 0.1) is 5.82 Å². The summed E-state index contributed by atoms with van der Waals surface area (Å²) in [5.41, 5.74) is 0.456. The summed E-state index contributed by atoms with van der Waals surface area (Å²) >= 11 is 0. The summed E-state index contributed by atoms with van der Waals surface area (Å²) in [6.07, 6.45) is 5.38. The number of morpholine rings is 1. The number of amides is 2. The van der Waals surface area contributed by atoms with Crippen LogP contribution in [-0.4, -0.2) is 42.3 Å². The largest absolute Gasteiger partial charge is 0.487 e. The minimum absolute atomic E-state index is 0.136. The van der Waals surface area contributed by atoms with Gasteiger partial charge in [0.25, 0.3) is 0 Å². The molecular weight excluding hydrogens is 311 g/mol. The molecule has 1 saturated heterocycles. The molecule has 130 valence electrons. The second kappa shape index (κ2) is 6.59. The number of nitrogens with zero attached hydrogens (tertiary/aromatic N) is 1. The van der Waals surface area contributed by atoms with Gasteiger partial charge in [-0.1, -0.05) is 12.1 Å². The SMILES string of the molecule is O=C(NCc1cccc(OC2CC2)c1F)N1CCO[C@@H]2CCC[C@@H]21. The van der Waals surface area contributed by atoms with E-state index in [1.165, 1.54) is 0 Å². The maximum absolute atomic E-state index is 14.5. The van der Waals surface area contributed by atoms with E-state index in [0.717, 1.165) is 32.1 Å². The number of urea groups is 1. The van der Waals surface area contributed by atoms with Crippen LogP contribution >= 0.6 is 0 Å². The molecule has 1 aliphatic heterocycles. The van der Waals surface area contributed by atoms with E-state index < -0.39 is 0 Å². The van der Waals surface area contributed by atoms with Gasteiger partial charge in [0.15, 0.2) is 11.6 Å². The topological polar surface area (TPSA) is 50.8 Å². The normalized spacial score (nSPS) is 26.1. The summed E-state index contributed by atoms with van der Waals surface area (Å²) in [6, 6.07) is 5.12. The first-order valence-electron chi connectivity index (χ1n) is 8.82. The van der Waals surface area contributed by atoms with Crippen LogP contribution in [0.4, 0.5) is 9.18 Å². The van der Waals surface area contributed by atoms with E-state index in [4.69, 9.17) is 9.47 Å². The van der Waals surface area contributed by atoms with Gasteiger partial charge in [-0.15, -0.1) is 0 Å². The maximum atomic E-state index is 14.5. The summed E-state index contributed by atoms with van der Waals surface area (Å²) in [7, 11) is 0. The molecule has 24 heavy (non-hydrogen) atoms. The number of hydrogen-bond acceptors (Lipinski definition) is 3. The van der Waals surface area contributed by atoms with Crippen LogP contribution in [0.2, 0.25) is 0 Å². The van der Waals surface area contributed by atoms with Gasteiger partial charge in [0, 0.05) is 18.7 Å². The Labute approximate surface area is 141 Å². The Morgan fingerprint density at radius 3 is 3.04 bits per heavy atom. The highest BCUT2D eigenvalue weighted by Gasteiger charge is 2.38. The number of carbonyl (C=O) groups is 1. The lowest BCUT2D eigenvalue weighted by Gasteiger charge is -2.37. The molecular formula is C18H23FN2O3. The number of halogens is 1. The molecule has 5 nitrogen and oxygen atoms in total. The third kappa shape index (κ3) is 3.20. The Hall–Kier alpha value is -1.82. The summed E-state index contributed by atoms with van der Waals surface area (Å²) in [5.74, 6) is -0.0862. The molecule has 2 saturated carbocycles. The molecule has 0 aromatic heterocycles. The zero-order valence-electron chi connectivity index (χ0n) is 13.7. The first-order valence-corrected chi connectivity index (χ1v) is 8.82. The van der Waals surface area contributed by atoms with Gasteiger partial charge in [0.1, 0.15) is 0 Å². The number of rotatable bonds is 4. The summed E-state index contributed by atoms with van der Waals surface area (Å²) in [4.78, 5) is 14.4. The van der Waals surface area contributed by atoms with Gasteiger partial charge in [0.05, 0.1) is 24.9 Å². The molecule has 3 fully saturated rings. The Morgan fingerprint density at radius 2 is 2.21 bits per heavy atom. The third-order valence-corrected chi connectivity index (χ3v) is 5.03. The molecule has 2 aliphatic carbocycles. The highest BCUT2D eigenvalue weighted by Crippen LogP contribution is 2.31. The molecule has 4 rings (SSSR count). The molecule has 1 heterocycles. The van der Waals surface area contributed by atoms with Gasteiger partial charge in [-0.2, -0.15) is 0 Å². The van der Waals surface area contributed by atoms with E-state index in [2.05, 4.69) is 5.32 Å². The van der Waals surface area contributed by atoms with E-state index in [1.54, 1.807) is 18.2 Å². The minimum atomic E-state index is -0.370. The molecule has 0 unspecified atom stereocenters. The van der Waals surface area contributed by atoms with Crippen LogP contribution in [0.5, 0.6) is 5.75 Å². The molecule has 2 amide bonds. The van der Waals surface area contributed by atoms with E-state index in [-0.39, 0.29) is 42.4 Å². The van der Waals surface area contributed by atoms with E-state index in [9.17, 15) is 9.18 Å². The first-order chi connectivity index (χ1) is 11.7. The first kappa shape index (κ1) is 15.7. The molecule has 3 aliphatic rings. The fraction of sp³-hybridized carbons (Fsp3) is 0.611. The predicted octanol–water partition coefficient (Wildman–Crippen LogP) is 2.83. The van der Waals surface area contributed by atoms with Crippen molar-refractivity contribution in [1.29, 1.82) is 0 Å². The molecule has 6 heteroatoms. The van der Waals surface area contributed by atoms with E-state index >= 15 is 0 Å². The number of ether oxygens (including phenoxy) is 2. The average Bonchev–Trinajstić information content (AvgIpc) is 3.27. The molecule has 1 aromatic rings. The van der Waals surface area contributed by atoms with Gasteiger partial charge >= 0.3 is 6.03 Å². The Kier molecular flexibility index (Phi) is 4.31. The van der Waals surface area contributed by atoms with Crippen molar-refractivity contribution in [1.82, 2.24) is 10.2 Å². The monoisotopic (exact) mass is 334 g/mol. The van der Waals surface area contributed by atoms with Crippen molar-refractivity contribution in [2.24, 2.45) is 0 Å². The summed E-state index contributed by atoms with van der Waals surface area (Å²) < 4.78 is 25.7. The molecule has 0 radical (unpaired) electrons. The van der Waals surface area contributed by atoms with Crippen LogP contribution in [0.25, 0.3) is 0 Å². The Bertz CT molecular complexity index is 620. The zero-order valence-corrected chi connectivity index (χ0v) is 13.7. The number of nitrogens with one attached hydrogen (secondary N) is 1. The number of benzene rings is 1. The average molecular weight is 334 g/mol. The number of carbonyl (C=O) groups excluding carboxylic acids is 1. The third-order valence-electron chi connectivity index (χ3n) is 5.03.